The van der Waals surface area contributed by atoms with Crippen LogP contribution in [0.25, 0.3) is 0 Å². The third-order valence-corrected chi connectivity index (χ3v) is 9.99. The molecule has 2 aliphatic rings. The summed E-state index contributed by atoms with van der Waals surface area (Å²) >= 11 is 0. The van der Waals surface area contributed by atoms with Gasteiger partial charge in [0.25, 0.3) is 6.71 Å². The van der Waals surface area contributed by atoms with Gasteiger partial charge >= 0.3 is 0 Å². The zero-order valence-corrected chi connectivity index (χ0v) is 28.6. The van der Waals surface area contributed by atoms with Gasteiger partial charge < -0.3 is 15.5 Å². The number of fused-ring (bicyclic) bond motifs is 4. The van der Waals surface area contributed by atoms with Gasteiger partial charge in [0.15, 0.2) is 0 Å². The SMILES string of the molecule is CC(C)c1ccc(N(c2ccc(C(C)C)cc2)c2cc3c4c(c2)Nc2ccc(C(C)C)cc2B4c2cc(C(C)C)ccc2N3)cc1. The summed E-state index contributed by atoms with van der Waals surface area (Å²) in [6.45, 7) is 18.3. The average Bonchev–Trinajstić information content (AvgIpc) is 3.04. The first-order valence-corrected chi connectivity index (χ1v) is 17.1. The predicted molar refractivity (Wildman–Crippen MR) is 202 cm³/mol. The van der Waals surface area contributed by atoms with Crippen LogP contribution >= 0.6 is 0 Å². The molecule has 0 saturated carbocycles. The van der Waals surface area contributed by atoms with E-state index >= 15 is 0 Å². The molecule has 7 rings (SSSR count). The summed E-state index contributed by atoms with van der Waals surface area (Å²) < 4.78 is 0. The van der Waals surface area contributed by atoms with Crippen LogP contribution in [0.5, 0.6) is 0 Å². The minimum Gasteiger partial charge on any atom is -0.356 e. The largest absolute Gasteiger partial charge is 0.356 e. The molecule has 5 aromatic rings. The summed E-state index contributed by atoms with van der Waals surface area (Å²) in [5.41, 5.74) is 17.7. The number of benzene rings is 5. The van der Waals surface area contributed by atoms with Crippen molar-refractivity contribution in [1.29, 1.82) is 0 Å². The molecule has 0 atom stereocenters. The first-order valence-electron chi connectivity index (χ1n) is 17.1. The zero-order valence-electron chi connectivity index (χ0n) is 28.6. The second-order valence-corrected chi connectivity index (χ2v) is 14.5. The molecular weight excluding hydrogens is 557 g/mol. The van der Waals surface area contributed by atoms with E-state index in [1.807, 2.05) is 0 Å². The van der Waals surface area contributed by atoms with Gasteiger partial charge in [0, 0.05) is 34.1 Å². The first-order chi connectivity index (χ1) is 22.1. The van der Waals surface area contributed by atoms with Gasteiger partial charge in [-0.2, -0.15) is 0 Å². The molecule has 0 bridgehead atoms. The molecule has 0 saturated heterocycles. The summed E-state index contributed by atoms with van der Waals surface area (Å²) in [5.74, 6) is 1.90. The standard InChI is InChI=1S/C42H46BN3/c1-25(2)29-9-15-33(16-10-29)46(34-17-11-30(12-18-34)26(3)4)35-23-40-42-41(24-35)45-39-20-14-32(28(7)8)22-37(39)43(42)36-21-31(27(5)6)13-19-38(36)44-40/h9-28,44-45H,1-8H3. The van der Waals surface area contributed by atoms with Gasteiger partial charge in [-0.3, -0.25) is 0 Å². The summed E-state index contributed by atoms with van der Waals surface area (Å²) in [7, 11) is 0. The van der Waals surface area contributed by atoms with E-state index in [0.29, 0.717) is 23.7 Å². The number of anilines is 7. The van der Waals surface area contributed by atoms with E-state index in [0.717, 1.165) is 28.4 Å². The van der Waals surface area contributed by atoms with Crippen LogP contribution in [-0.4, -0.2) is 6.71 Å². The van der Waals surface area contributed by atoms with E-state index < -0.39 is 0 Å². The van der Waals surface area contributed by atoms with Crippen LogP contribution in [0.1, 0.15) is 101 Å². The smallest absolute Gasteiger partial charge is 0.252 e. The van der Waals surface area contributed by atoms with E-state index in [-0.39, 0.29) is 6.71 Å². The molecule has 5 aromatic carbocycles. The Morgan fingerprint density at radius 1 is 0.413 bits per heavy atom. The Balaban J connectivity index is 1.43. The summed E-state index contributed by atoms with van der Waals surface area (Å²) in [4.78, 5) is 2.40. The topological polar surface area (TPSA) is 27.3 Å². The number of hydrogen-bond donors (Lipinski definition) is 2. The number of hydrogen-bond acceptors (Lipinski definition) is 3. The van der Waals surface area contributed by atoms with Crippen LogP contribution in [0.2, 0.25) is 0 Å². The summed E-state index contributed by atoms with van der Waals surface area (Å²) in [6.07, 6.45) is 0. The second kappa shape index (κ2) is 11.7. The number of rotatable bonds is 7. The highest BCUT2D eigenvalue weighted by molar-refractivity contribution is 7.00. The fourth-order valence-corrected chi connectivity index (χ4v) is 7.10. The molecule has 232 valence electrons. The van der Waals surface area contributed by atoms with E-state index in [2.05, 4.69) is 168 Å². The fraction of sp³-hybridized carbons (Fsp3) is 0.286. The molecule has 46 heavy (non-hydrogen) atoms. The Bertz CT molecular complexity index is 1770. The van der Waals surface area contributed by atoms with Crippen molar-refractivity contribution >= 4 is 62.9 Å². The highest BCUT2D eigenvalue weighted by Gasteiger charge is 2.38. The lowest BCUT2D eigenvalue weighted by atomic mass is 9.33. The van der Waals surface area contributed by atoms with E-state index in [1.54, 1.807) is 0 Å². The molecule has 0 aliphatic carbocycles. The van der Waals surface area contributed by atoms with Crippen LogP contribution in [0, 0.1) is 0 Å². The minimum atomic E-state index is 0.160. The Morgan fingerprint density at radius 3 is 1.15 bits per heavy atom. The monoisotopic (exact) mass is 603 g/mol. The molecule has 0 aromatic heterocycles. The molecule has 0 fully saturated rings. The molecule has 0 spiro atoms. The third kappa shape index (κ3) is 5.28. The minimum absolute atomic E-state index is 0.160. The number of nitrogens with one attached hydrogen (secondary N) is 2. The van der Waals surface area contributed by atoms with Gasteiger partial charge in [-0.15, -0.1) is 0 Å². The molecule has 2 heterocycles. The van der Waals surface area contributed by atoms with Crippen molar-refractivity contribution in [1.82, 2.24) is 0 Å². The van der Waals surface area contributed by atoms with E-state index in [1.165, 1.54) is 50.0 Å². The van der Waals surface area contributed by atoms with Crippen LogP contribution in [0.3, 0.4) is 0 Å². The van der Waals surface area contributed by atoms with Crippen molar-refractivity contribution in [3.8, 4) is 0 Å². The maximum atomic E-state index is 3.89. The zero-order chi connectivity index (χ0) is 32.3. The van der Waals surface area contributed by atoms with Crippen molar-refractivity contribution in [3.63, 3.8) is 0 Å². The van der Waals surface area contributed by atoms with Crippen molar-refractivity contribution in [2.45, 2.75) is 79.1 Å². The van der Waals surface area contributed by atoms with E-state index in [4.69, 9.17) is 0 Å². The van der Waals surface area contributed by atoms with Crippen LogP contribution < -0.4 is 31.9 Å². The highest BCUT2D eigenvalue weighted by atomic mass is 15.1. The molecule has 3 nitrogen and oxygen atoms in total. The molecule has 4 heteroatoms. The van der Waals surface area contributed by atoms with Gasteiger partial charge in [-0.25, -0.2) is 0 Å². The predicted octanol–water partition coefficient (Wildman–Crippen LogP) is 10.3. The lowest BCUT2D eigenvalue weighted by Crippen LogP contribution is -2.59. The van der Waals surface area contributed by atoms with Gasteiger partial charge in [-0.1, -0.05) is 104 Å². The molecule has 0 unspecified atom stereocenters. The van der Waals surface area contributed by atoms with Crippen LogP contribution in [0.15, 0.2) is 97.1 Å². The Hall–Kier alpha value is -4.44. The molecular formula is C42H46BN3. The fourth-order valence-electron chi connectivity index (χ4n) is 7.10. The van der Waals surface area contributed by atoms with Gasteiger partial charge in [-0.05, 0) is 111 Å². The van der Waals surface area contributed by atoms with E-state index in [9.17, 15) is 0 Å². The molecule has 0 radical (unpaired) electrons. The van der Waals surface area contributed by atoms with Crippen molar-refractivity contribution in [2.75, 3.05) is 15.5 Å². The van der Waals surface area contributed by atoms with Crippen LogP contribution in [-0.2, 0) is 0 Å². The quantitative estimate of drug-likeness (QED) is 0.178. The molecule has 0 amide bonds. The summed E-state index contributed by atoms with van der Waals surface area (Å²) in [6, 6.07) is 36.9. The third-order valence-electron chi connectivity index (χ3n) is 9.99. The lowest BCUT2D eigenvalue weighted by Gasteiger charge is -2.37. The van der Waals surface area contributed by atoms with Crippen molar-refractivity contribution in [3.05, 3.63) is 119 Å². The average molecular weight is 604 g/mol. The summed E-state index contributed by atoms with van der Waals surface area (Å²) in [5, 5.41) is 7.79. The Morgan fingerprint density at radius 2 is 0.783 bits per heavy atom. The molecule has 2 aliphatic heterocycles. The van der Waals surface area contributed by atoms with Crippen LogP contribution in [0.4, 0.5) is 39.8 Å². The highest BCUT2D eigenvalue weighted by Crippen LogP contribution is 2.41. The first kappa shape index (κ1) is 30.2. The Labute approximate surface area is 276 Å². The van der Waals surface area contributed by atoms with Gasteiger partial charge in [0.2, 0.25) is 0 Å². The molecule has 2 N–H and O–H groups in total. The van der Waals surface area contributed by atoms with Gasteiger partial charge in [0.1, 0.15) is 0 Å². The van der Waals surface area contributed by atoms with Gasteiger partial charge in [0.05, 0.1) is 5.69 Å². The number of nitrogens with zero attached hydrogens (tertiary/aromatic N) is 1. The Kier molecular flexibility index (Phi) is 7.71. The second-order valence-electron chi connectivity index (χ2n) is 14.5. The maximum absolute atomic E-state index is 3.89. The maximum Gasteiger partial charge on any atom is 0.252 e. The van der Waals surface area contributed by atoms with Crippen molar-refractivity contribution in [2.24, 2.45) is 0 Å². The normalized spacial score (nSPS) is 13.0. The van der Waals surface area contributed by atoms with Crippen molar-refractivity contribution < 1.29 is 0 Å². The lowest BCUT2D eigenvalue weighted by molar-refractivity contribution is 0.866.